The van der Waals surface area contributed by atoms with E-state index in [9.17, 15) is 17.6 Å². The third kappa shape index (κ3) is 5.06. The number of nitrogens with one attached hydrogen (secondary N) is 1. The van der Waals surface area contributed by atoms with E-state index in [0.717, 1.165) is 6.07 Å². The molecule has 1 aliphatic rings. The number of rotatable bonds is 11. The van der Waals surface area contributed by atoms with Gasteiger partial charge in [0, 0.05) is 30.5 Å². The molecule has 0 spiro atoms. The zero-order valence-corrected chi connectivity index (χ0v) is 21.2. The van der Waals surface area contributed by atoms with Crippen molar-refractivity contribution in [1.82, 2.24) is 9.97 Å². The molecule has 0 amide bonds. The average Bonchev–Trinajstić information content (AvgIpc) is 3.41. The molecular weight excluding hydrogens is 513 g/mol. The Morgan fingerprint density at radius 1 is 1.13 bits per heavy atom. The SMILES string of the molecule is COCC1(COc2cc3c(N[C@H](C)c4cccc(C(F)(F)CO)c4F)nc(C)nc3cc2OC)CC1(F)F. The number of ether oxygens (including phenoxy) is 3. The Labute approximate surface area is 215 Å². The van der Waals surface area contributed by atoms with E-state index in [0.29, 0.717) is 16.7 Å². The number of aryl methyl sites for hydroxylation is 1. The molecule has 12 heteroatoms. The molecule has 1 fully saturated rings. The van der Waals surface area contributed by atoms with Crippen LogP contribution in [0.2, 0.25) is 0 Å². The van der Waals surface area contributed by atoms with Gasteiger partial charge in [-0.1, -0.05) is 12.1 Å². The van der Waals surface area contributed by atoms with E-state index in [1.165, 1.54) is 32.4 Å². The van der Waals surface area contributed by atoms with Gasteiger partial charge in [0.15, 0.2) is 11.5 Å². The van der Waals surface area contributed by atoms with E-state index in [4.69, 9.17) is 19.3 Å². The quantitative estimate of drug-likeness (QED) is 0.315. The Kier molecular flexibility index (Phi) is 7.41. The molecule has 0 radical (unpaired) electrons. The lowest BCUT2D eigenvalue weighted by atomic mass is 10.00. The third-order valence-electron chi connectivity index (χ3n) is 6.67. The number of methoxy groups -OCH3 is 2. The highest BCUT2D eigenvalue weighted by Crippen LogP contribution is 2.60. The summed E-state index contributed by atoms with van der Waals surface area (Å²) in [4.78, 5) is 8.77. The molecule has 2 N–H and O–H groups in total. The van der Waals surface area contributed by atoms with E-state index in [1.807, 2.05) is 0 Å². The largest absolute Gasteiger partial charge is 0.493 e. The lowest BCUT2D eigenvalue weighted by Gasteiger charge is -2.22. The van der Waals surface area contributed by atoms with Crippen LogP contribution in [-0.4, -0.2) is 55.0 Å². The molecule has 1 unspecified atom stereocenters. The minimum Gasteiger partial charge on any atom is -0.493 e. The Morgan fingerprint density at radius 3 is 2.45 bits per heavy atom. The van der Waals surface area contributed by atoms with Crippen molar-refractivity contribution in [2.24, 2.45) is 5.41 Å². The number of aliphatic hydroxyl groups excluding tert-OH is 1. The summed E-state index contributed by atoms with van der Waals surface area (Å²) >= 11 is 0. The van der Waals surface area contributed by atoms with Gasteiger partial charge in [0.2, 0.25) is 0 Å². The molecule has 2 atom stereocenters. The van der Waals surface area contributed by atoms with Crippen molar-refractivity contribution in [2.75, 3.05) is 39.4 Å². The molecule has 7 nitrogen and oxygen atoms in total. The molecule has 0 aliphatic heterocycles. The predicted molar refractivity (Wildman–Crippen MR) is 130 cm³/mol. The van der Waals surface area contributed by atoms with Crippen LogP contribution < -0.4 is 14.8 Å². The van der Waals surface area contributed by atoms with E-state index in [-0.39, 0.29) is 42.5 Å². The maximum Gasteiger partial charge on any atom is 0.298 e. The van der Waals surface area contributed by atoms with Crippen LogP contribution in [0.3, 0.4) is 0 Å². The standard InChI is InChI=1S/C26H28F5N3O4/c1-14(16-6-5-7-18(22(16)27)25(28,29)11-35)32-23-17-8-21(20(37-4)9-19(17)33-15(2)34-23)38-13-24(12-36-3)10-26(24,30)31/h5-9,14,35H,10-13H2,1-4H3,(H,32,33,34)/t14-,24?/m1/s1. The highest BCUT2D eigenvalue weighted by molar-refractivity contribution is 5.92. The maximum atomic E-state index is 15.0. The minimum atomic E-state index is -3.75. The van der Waals surface area contributed by atoms with Crippen LogP contribution in [0.25, 0.3) is 10.9 Å². The summed E-state index contributed by atoms with van der Waals surface area (Å²) in [5, 5.41) is 12.4. The second-order valence-electron chi connectivity index (χ2n) is 9.46. The van der Waals surface area contributed by atoms with Gasteiger partial charge in [0.05, 0.1) is 36.3 Å². The van der Waals surface area contributed by atoms with Crippen molar-refractivity contribution in [2.45, 2.75) is 38.2 Å². The number of benzene rings is 2. The summed E-state index contributed by atoms with van der Waals surface area (Å²) in [6, 6.07) is 5.80. The van der Waals surface area contributed by atoms with Gasteiger partial charge >= 0.3 is 0 Å². The fourth-order valence-electron chi connectivity index (χ4n) is 4.40. The number of hydrogen-bond acceptors (Lipinski definition) is 7. The summed E-state index contributed by atoms with van der Waals surface area (Å²) in [5.74, 6) is -6.79. The molecule has 2 aromatic carbocycles. The van der Waals surface area contributed by atoms with E-state index in [2.05, 4.69) is 15.3 Å². The first-order valence-corrected chi connectivity index (χ1v) is 11.8. The van der Waals surface area contributed by atoms with Gasteiger partial charge in [0.1, 0.15) is 30.7 Å². The number of halogens is 5. The summed E-state index contributed by atoms with van der Waals surface area (Å²) < 4.78 is 87.3. The van der Waals surface area contributed by atoms with E-state index in [1.54, 1.807) is 19.9 Å². The number of alkyl halides is 4. The fourth-order valence-corrected chi connectivity index (χ4v) is 4.40. The fraction of sp³-hybridized carbons (Fsp3) is 0.462. The molecule has 0 saturated heterocycles. The summed E-state index contributed by atoms with van der Waals surface area (Å²) in [6.45, 7) is 1.17. The molecule has 4 rings (SSSR count). The van der Waals surface area contributed by atoms with Crippen molar-refractivity contribution in [3.05, 3.63) is 53.1 Å². The number of nitrogens with zero attached hydrogens (tertiary/aromatic N) is 2. The van der Waals surface area contributed by atoms with Crippen molar-refractivity contribution < 1.29 is 41.3 Å². The molecule has 3 aromatic rings. The average molecular weight is 542 g/mol. The van der Waals surface area contributed by atoms with E-state index < -0.39 is 41.3 Å². The predicted octanol–water partition coefficient (Wildman–Crippen LogP) is 5.39. The Bertz CT molecular complexity index is 1340. The van der Waals surface area contributed by atoms with Gasteiger partial charge in [-0.2, -0.15) is 8.78 Å². The molecule has 1 aliphatic carbocycles. The van der Waals surface area contributed by atoms with Crippen LogP contribution in [0.5, 0.6) is 11.5 Å². The summed E-state index contributed by atoms with van der Waals surface area (Å²) in [6.07, 6.45) is -0.365. The van der Waals surface area contributed by atoms with Crippen LogP contribution in [0.1, 0.15) is 36.3 Å². The van der Waals surface area contributed by atoms with Gasteiger partial charge in [-0.25, -0.2) is 23.1 Å². The van der Waals surface area contributed by atoms with Crippen LogP contribution in [-0.2, 0) is 10.7 Å². The zero-order valence-electron chi connectivity index (χ0n) is 21.2. The number of hydrogen-bond donors (Lipinski definition) is 2. The van der Waals surface area contributed by atoms with E-state index >= 15 is 4.39 Å². The second-order valence-corrected chi connectivity index (χ2v) is 9.46. The normalized spacial score (nSPS) is 19.3. The van der Waals surface area contributed by atoms with Gasteiger partial charge < -0.3 is 24.6 Å². The molecule has 206 valence electrons. The van der Waals surface area contributed by atoms with Gasteiger partial charge in [-0.3, -0.25) is 0 Å². The molecule has 1 aromatic heterocycles. The van der Waals surface area contributed by atoms with Crippen molar-refractivity contribution >= 4 is 16.7 Å². The first-order valence-electron chi connectivity index (χ1n) is 11.8. The minimum absolute atomic E-state index is 0.0671. The monoisotopic (exact) mass is 541 g/mol. The maximum absolute atomic E-state index is 15.0. The van der Waals surface area contributed by atoms with Gasteiger partial charge in [-0.15, -0.1) is 0 Å². The smallest absolute Gasteiger partial charge is 0.298 e. The first kappa shape index (κ1) is 27.8. The highest BCUT2D eigenvalue weighted by atomic mass is 19.3. The summed E-state index contributed by atoms with van der Waals surface area (Å²) in [7, 11) is 2.74. The van der Waals surface area contributed by atoms with Crippen LogP contribution in [0.15, 0.2) is 30.3 Å². The topological polar surface area (TPSA) is 85.7 Å². The molecular formula is C26H28F5N3O4. The molecule has 1 saturated carbocycles. The first-order chi connectivity index (χ1) is 17.9. The number of aromatic nitrogens is 2. The Hall–Kier alpha value is -3.25. The lowest BCUT2D eigenvalue weighted by Crippen LogP contribution is -2.25. The van der Waals surface area contributed by atoms with Crippen LogP contribution in [0.4, 0.5) is 27.8 Å². The Balaban J connectivity index is 1.69. The molecule has 1 heterocycles. The molecule has 0 bridgehead atoms. The zero-order chi connectivity index (χ0) is 27.9. The molecule has 38 heavy (non-hydrogen) atoms. The highest BCUT2D eigenvalue weighted by Gasteiger charge is 2.71. The van der Waals surface area contributed by atoms with Crippen LogP contribution >= 0.6 is 0 Å². The van der Waals surface area contributed by atoms with Crippen molar-refractivity contribution in [1.29, 1.82) is 0 Å². The van der Waals surface area contributed by atoms with Gasteiger partial charge in [-0.05, 0) is 26.0 Å². The lowest BCUT2D eigenvalue weighted by molar-refractivity contribution is -0.0583. The number of fused-ring (bicyclic) bond motifs is 1. The number of anilines is 1. The van der Waals surface area contributed by atoms with Crippen LogP contribution in [0, 0.1) is 18.2 Å². The Morgan fingerprint density at radius 2 is 1.84 bits per heavy atom. The summed E-state index contributed by atoms with van der Waals surface area (Å²) in [5.41, 5.74) is -2.00. The number of aliphatic hydroxyl groups is 1. The second kappa shape index (κ2) is 10.1. The van der Waals surface area contributed by atoms with Gasteiger partial charge in [0.25, 0.3) is 11.8 Å². The van der Waals surface area contributed by atoms with Crippen molar-refractivity contribution in [3.63, 3.8) is 0 Å². The van der Waals surface area contributed by atoms with Crippen molar-refractivity contribution in [3.8, 4) is 11.5 Å². The third-order valence-corrected chi connectivity index (χ3v) is 6.67.